The van der Waals surface area contributed by atoms with E-state index in [0.717, 1.165) is 41.3 Å². The minimum Gasteiger partial charge on any atom is -0.494 e. The van der Waals surface area contributed by atoms with E-state index in [9.17, 15) is 9.59 Å². The van der Waals surface area contributed by atoms with E-state index in [4.69, 9.17) is 4.74 Å². The first-order valence-corrected chi connectivity index (χ1v) is 12.7. The molecule has 1 fully saturated rings. The van der Waals surface area contributed by atoms with Crippen molar-refractivity contribution in [3.05, 3.63) is 54.1 Å². The maximum absolute atomic E-state index is 13.1. The number of rotatable bonds is 9. The van der Waals surface area contributed by atoms with Gasteiger partial charge in [0.25, 0.3) is 5.91 Å². The predicted molar refractivity (Wildman–Crippen MR) is 139 cm³/mol. The third-order valence-corrected chi connectivity index (χ3v) is 6.86. The van der Waals surface area contributed by atoms with Crippen LogP contribution in [0.2, 0.25) is 0 Å². The van der Waals surface area contributed by atoms with Crippen LogP contribution in [-0.2, 0) is 4.79 Å². The van der Waals surface area contributed by atoms with Crippen LogP contribution >= 0.6 is 11.3 Å². The minimum absolute atomic E-state index is 0.151. The number of carbonyl (C=O) groups is 2. The number of carbonyl (C=O) groups excluding carboxylic acids is 2. The number of anilines is 2. The molecule has 184 valence electrons. The van der Waals surface area contributed by atoms with Gasteiger partial charge in [-0.05, 0) is 67.8 Å². The van der Waals surface area contributed by atoms with Gasteiger partial charge in [0.1, 0.15) is 16.8 Å². The summed E-state index contributed by atoms with van der Waals surface area (Å²) in [7, 11) is 3.98. The van der Waals surface area contributed by atoms with Gasteiger partial charge in [-0.15, -0.1) is 10.2 Å². The zero-order valence-corrected chi connectivity index (χ0v) is 21.2. The van der Waals surface area contributed by atoms with Gasteiger partial charge in [0.2, 0.25) is 11.0 Å². The molecule has 1 atom stereocenters. The molecule has 1 aromatic heterocycles. The van der Waals surface area contributed by atoms with E-state index < -0.39 is 6.04 Å². The molecule has 3 aromatic rings. The zero-order valence-electron chi connectivity index (χ0n) is 20.4. The molecule has 1 aliphatic heterocycles. The fraction of sp³-hybridized carbons (Fsp3) is 0.385. The van der Waals surface area contributed by atoms with Crippen molar-refractivity contribution in [1.29, 1.82) is 0 Å². The first kappa shape index (κ1) is 24.7. The highest BCUT2D eigenvalue weighted by atomic mass is 32.1. The third-order valence-electron chi connectivity index (χ3n) is 5.97. The van der Waals surface area contributed by atoms with E-state index in [1.165, 1.54) is 11.3 Å². The molecule has 1 unspecified atom stereocenters. The maximum atomic E-state index is 13.1. The molecule has 1 N–H and O–H groups in total. The Bertz CT molecular complexity index is 1140. The van der Waals surface area contributed by atoms with Gasteiger partial charge in [-0.1, -0.05) is 24.7 Å². The number of hydrogen-bond donors (Lipinski definition) is 1. The van der Waals surface area contributed by atoms with E-state index in [-0.39, 0.29) is 11.8 Å². The predicted octanol–water partition coefficient (Wildman–Crippen LogP) is 4.69. The molecule has 2 heterocycles. The van der Waals surface area contributed by atoms with Crippen LogP contribution in [0.15, 0.2) is 48.5 Å². The number of hydrogen-bond acceptors (Lipinski definition) is 7. The summed E-state index contributed by atoms with van der Waals surface area (Å²) < 4.78 is 5.68. The summed E-state index contributed by atoms with van der Waals surface area (Å²) in [5.41, 5.74) is 2.58. The van der Waals surface area contributed by atoms with Crippen LogP contribution in [0.4, 0.5) is 10.8 Å². The molecule has 0 saturated carbocycles. The molecule has 8 nitrogen and oxygen atoms in total. The summed E-state index contributed by atoms with van der Waals surface area (Å²) in [6.45, 7) is 3.32. The van der Waals surface area contributed by atoms with Crippen LogP contribution in [0.5, 0.6) is 5.75 Å². The normalized spacial score (nSPS) is 15.2. The number of aromatic nitrogens is 2. The second-order valence-electron chi connectivity index (χ2n) is 8.73. The van der Waals surface area contributed by atoms with Crippen molar-refractivity contribution >= 4 is 34.0 Å². The van der Waals surface area contributed by atoms with Gasteiger partial charge in [-0.2, -0.15) is 0 Å². The van der Waals surface area contributed by atoms with Crippen molar-refractivity contribution in [2.24, 2.45) is 0 Å². The van der Waals surface area contributed by atoms with E-state index >= 15 is 0 Å². The van der Waals surface area contributed by atoms with Crippen molar-refractivity contribution in [1.82, 2.24) is 15.1 Å². The Balaban J connectivity index is 1.38. The molecule has 0 bridgehead atoms. The van der Waals surface area contributed by atoms with Crippen molar-refractivity contribution < 1.29 is 14.3 Å². The van der Waals surface area contributed by atoms with Crippen LogP contribution < -0.4 is 15.0 Å². The number of unbranched alkanes of at least 4 members (excludes halogenated alkanes) is 1. The van der Waals surface area contributed by atoms with Crippen LogP contribution in [-0.4, -0.2) is 60.2 Å². The lowest BCUT2D eigenvalue weighted by molar-refractivity contribution is -0.119. The SMILES string of the molecule is CCCCOc1ccc(C(=O)N2CCCC2C(=O)Nc2nnc(-c3ccc(N(C)C)cc3)s2)cc1. The monoisotopic (exact) mass is 493 g/mol. The molecular formula is C26H31N5O3S. The summed E-state index contributed by atoms with van der Waals surface area (Å²) in [5.74, 6) is 0.358. The number of nitrogens with one attached hydrogen (secondary N) is 1. The Morgan fingerprint density at radius 1 is 1.11 bits per heavy atom. The summed E-state index contributed by atoms with van der Waals surface area (Å²) in [6, 6.07) is 14.6. The molecule has 0 radical (unpaired) electrons. The number of amides is 2. The maximum Gasteiger partial charge on any atom is 0.254 e. The van der Waals surface area contributed by atoms with Gasteiger partial charge in [0.05, 0.1) is 6.61 Å². The third kappa shape index (κ3) is 5.97. The first-order valence-electron chi connectivity index (χ1n) is 11.9. The van der Waals surface area contributed by atoms with Crippen molar-refractivity contribution in [2.45, 2.75) is 38.6 Å². The molecule has 9 heteroatoms. The lowest BCUT2D eigenvalue weighted by atomic mass is 10.1. The average Bonchev–Trinajstić information content (AvgIpc) is 3.54. The smallest absolute Gasteiger partial charge is 0.254 e. The Morgan fingerprint density at radius 2 is 1.86 bits per heavy atom. The lowest BCUT2D eigenvalue weighted by Crippen LogP contribution is -2.43. The largest absolute Gasteiger partial charge is 0.494 e. The molecule has 2 amide bonds. The highest BCUT2D eigenvalue weighted by molar-refractivity contribution is 7.18. The highest BCUT2D eigenvalue weighted by Crippen LogP contribution is 2.29. The Kier molecular flexibility index (Phi) is 7.97. The lowest BCUT2D eigenvalue weighted by Gasteiger charge is -2.23. The van der Waals surface area contributed by atoms with Gasteiger partial charge >= 0.3 is 0 Å². The molecule has 1 saturated heterocycles. The summed E-state index contributed by atoms with van der Waals surface area (Å²) in [4.78, 5) is 29.8. The molecule has 4 rings (SSSR count). The molecule has 2 aromatic carbocycles. The number of likely N-dealkylation sites (tertiary alicyclic amines) is 1. The molecule has 0 spiro atoms. The van der Waals surface area contributed by atoms with Gasteiger partial charge in [-0.25, -0.2) is 0 Å². The van der Waals surface area contributed by atoms with Crippen molar-refractivity contribution in [3.63, 3.8) is 0 Å². The number of ether oxygens (including phenoxy) is 1. The fourth-order valence-electron chi connectivity index (χ4n) is 3.96. The first-order chi connectivity index (χ1) is 17.0. The zero-order chi connectivity index (χ0) is 24.8. The number of nitrogens with zero attached hydrogens (tertiary/aromatic N) is 4. The van der Waals surface area contributed by atoms with Gasteiger partial charge in [-0.3, -0.25) is 14.9 Å². The molecule has 1 aliphatic rings. The quantitative estimate of drug-likeness (QED) is 0.435. The van der Waals surface area contributed by atoms with E-state index in [1.807, 2.05) is 55.4 Å². The van der Waals surface area contributed by atoms with Crippen molar-refractivity contribution in [3.8, 4) is 16.3 Å². The fourth-order valence-corrected chi connectivity index (χ4v) is 4.71. The average molecular weight is 494 g/mol. The minimum atomic E-state index is -0.533. The summed E-state index contributed by atoms with van der Waals surface area (Å²) in [6.07, 6.45) is 3.45. The van der Waals surface area contributed by atoms with Crippen molar-refractivity contribution in [2.75, 3.05) is 37.5 Å². The number of benzene rings is 2. The van der Waals surface area contributed by atoms with E-state index in [0.29, 0.717) is 30.3 Å². The van der Waals surface area contributed by atoms with Crippen LogP contribution in [0, 0.1) is 0 Å². The standard InChI is InChI=1S/C26H31N5O3S/c1-4-5-17-34-21-14-10-19(11-15-21)25(33)31-16-6-7-22(31)23(32)27-26-29-28-24(35-26)18-8-12-20(13-9-18)30(2)3/h8-15,22H,4-7,16-17H2,1-3H3,(H,27,29,32). The van der Waals surface area contributed by atoms with E-state index in [2.05, 4.69) is 22.4 Å². The van der Waals surface area contributed by atoms with Gasteiger partial charge in [0, 0.05) is 37.5 Å². The van der Waals surface area contributed by atoms with Gasteiger partial charge in [0.15, 0.2) is 0 Å². The summed E-state index contributed by atoms with van der Waals surface area (Å²) in [5, 5.41) is 12.4. The van der Waals surface area contributed by atoms with Gasteiger partial charge < -0.3 is 14.5 Å². The topological polar surface area (TPSA) is 87.7 Å². The van der Waals surface area contributed by atoms with Crippen LogP contribution in [0.25, 0.3) is 10.6 Å². The van der Waals surface area contributed by atoms with E-state index in [1.54, 1.807) is 17.0 Å². The molecule has 35 heavy (non-hydrogen) atoms. The second-order valence-corrected chi connectivity index (χ2v) is 9.70. The molecular weight excluding hydrogens is 462 g/mol. The van der Waals surface area contributed by atoms with Crippen LogP contribution in [0.3, 0.4) is 0 Å². The summed E-state index contributed by atoms with van der Waals surface area (Å²) >= 11 is 1.32. The molecule has 0 aliphatic carbocycles. The Hall–Kier alpha value is -3.46. The second kappa shape index (κ2) is 11.3. The highest BCUT2D eigenvalue weighted by Gasteiger charge is 2.35. The Labute approximate surface area is 209 Å². The Morgan fingerprint density at radius 3 is 2.54 bits per heavy atom. The van der Waals surface area contributed by atoms with Crippen LogP contribution in [0.1, 0.15) is 43.0 Å².